The van der Waals surface area contributed by atoms with Crippen molar-refractivity contribution in [1.82, 2.24) is 0 Å². The molecule has 0 saturated heterocycles. The predicted molar refractivity (Wildman–Crippen MR) is 66.0 cm³/mol. The molecule has 0 aliphatic rings. The molecule has 0 aliphatic heterocycles. The summed E-state index contributed by atoms with van der Waals surface area (Å²) in [4.78, 5) is 0. The van der Waals surface area contributed by atoms with Crippen LogP contribution in [-0.2, 0) is 13.3 Å². The number of alkyl halides is 3. The fourth-order valence-electron chi connectivity index (χ4n) is 0.844. The zero-order chi connectivity index (χ0) is 11.6. The molecule has 0 atom stereocenters. The zero-order valence-corrected chi connectivity index (χ0v) is 11.7. The van der Waals surface area contributed by atoms with Crippen molar-refractivity contribution in [3.8, 4) is 0 Å². The van der Waals surface area contributed by atoms with E-state index in [0.29, 0.717) is 37.5 Å². The van der Waals surface area contributed by atoms with Gasteiger partial charge in [-0.05, 0) is 5.70 Å². The highest BCUT2D eigenvalue weighted by Crippen LogP contribution is 2.11. The molecular weight excluding hydrogens is 279 g/mol. The van der Waals surface area contributed by atoms with Crippen LogP contribution < -0.4 is 0 Å². The lowest BCUT2D eigenvalue weighted by Crippen LogP contribution is -2.45. The molecule has 0 saturated carbocycles. The van der Waals surface area contributed by atoms with Crippen LogP contribution in [0.2, 0.25) is 0 Å². The summed E-state index contributed by atoms with van der Waals surface area (Å²) >= 11 is 16.6. The average molecular weight is 294 g/mol. The maximum absolute atomic E-state index is 5.53. The molecule has 0 fully saturated rings. The van der Waals surface area contributed by atoms with Crippen molar-refractivity contribution in [2.75, 3.05) is 37.5 Å². The summed E-state index contributed by atoms with van der Waals surface area (Å²) in [5.74, 6) is 1.12. The van der Waals surface area contributed by atoms with Crippen molar-refractivity contribution in [1.29, 1.82) is 0 Å². The van der Waals surface area contributed by atoms with Crippen LogP contribution in [0.25, 0.3) is 0 Å². The summed E-state index contributed by atoms with van der Waals surface area (Å²) in [5.41, 5.74) is 1.55. The van der Waals surface area contributed by atoms with Crippen LogP contribution in [-0.4, -0.2) is 46.3 Å². The molecule has 0 bridgehead atoms. The van der Waals surface area contributed by atoms with Gasteiger partial charge in [0.1, 0.15) is 0 Å². The minimum absolute atomic E-state index is 0.352. The van der Waals surface area contributed by atoms with Crippen LogP contribution in [0.3, 0.4) is 0 Å². The molecule has 0 aromatic heterocycles. The van der Waals surface area contributed by atoms with Gasteiger partial charge in [0.2, 0.25) is 0 Å². The highest BCUT2D eigenvalue weighted by molar-refractivity contribution is 6.66. The highest BCUT2D eigenvalue weighted by atomic mass is 35.5. The van der Waals surface area contributed by atoms with Gasteiger partial charge in [-0.15, -0.1) is 34.8 Å². The normalized spacial score (nSPS) is 11.7. The van der Waals surface area contributed by atoms with Crippen molar-refractivity contribution in [3.05, 3.63) is 12.3 Å². The standard InChI is InChI=1S/C8H15Cl3O3Si/c1-2-15(12-6-3-9,13-7-4-10)14-8-5-11/h2H,1,3-8H2. The van der Waals surface area contributed by atoms with Crippen molar-refractivity contribution in [3.63, 3.8) is 0 Å². The van der Waals surface area contributed by atoms with Gasteiger partial charge >= 0.3 is 8.80 Å². The van der Waals surface area contributed by atoms with Crippen molar-refractivity contribution < 1.29 is 13.3 Å². The van der Waals surface area contributed by atoms with Crippen LogP contribution in [0.4, 0.5) is 0 Å². The van der Waals surface area contributed by atoms with Gasteiger partial charge in [-0.2, -0.15) is 0 Å². The quantitative estimate of drug-likeness (QED) is 0.457. The molecule has 0 rings (SSSR count). The van der Waals surface area contributed by atoms with Crippen molar-refractivity contribution in [2.45, 2.75) is 0 Å². The van der Waals surface area contributed by atoms with E-state index in [1.807, 2.05) is 0 Å². The Morgan fingerprint density at radius 2 is 1.20 bits per heavy atom. The van der Waals surface area contributed by atoms with Crippen LogP contribution in [0.5, 0.6) is 0 Å². The number of halogens is 3. The summed E-state index contributed by atoms with van der Waals surface area (Å²) in [7, 11) is -2.82. The Balaban J connectivity index is 4.23. The third-order valence-corrected chi connectivity index (χ3v) is 4.17. The van der Waals surface area contributed by atoms with Crippen LogP contribution in [0.15, 0.2) is 12.3 Å². The van der Waals surface area contributed by atoms with Crippen LogP contribution >= 0.6 is 34.8 Å². The van der Waals surface area contributed by atoms with E-state index in [9.17, 15) is 0 Å². The molecule has 7 heteroatoms. The lowest BCUT2D eigenvalue weighted by molar-refractivity contribution is 0.0861. The monoisotopic (exact) mass is 292 g/mol. The zero-order valence-electron chi connectivity index (χ0n) is 8.39. The SMILES string of the molecule is C=C[Si](OCCCl)(OCCCl)OCCCl. The molecular formula is C8H15Cl3O3Si. The number of rotatable bonds is 10. The van der Waals surface area contributed by atoms with Gasteiger partial charge in [0.15, 0.2) is 0 Å². The van der Waals surface area contributed by atoms with E-state index in [1.165, 1.54) is 0 Å². The van der Waals surface area contributed by atoms with E-state index in [2.05, 4.69) is 6.58 Å². The van der Waals surface area contributed by atoms with Gasteiger partial charge in [0, 0.05) is 17.6 Å². The molecule has 0 N–H and O–H groups in total. The lowest BCUT2D eigenvalue weighted by atomic mass is 10.9. The third kappa shape index (κ3) is 6.79. The van der Waals surface area contributed by atoms with Gasteiger partial charge in [-0.25, -0.2) is 0 Å². The fraction of sp³-hybridized carbons (Fsp3) is 0.750. The lowest BCUT2D eigenvalue weighted by Gasteiger charge is -2.25. The van der Waals surface area contributed by atoms with E-state index in [-0.39, 0.29) is 0 Å². The van der Waals surface area contributed by atoms with Gasteiger partial charge in [-0.1, -0.05) is 6.58 Å². The Hall–Kier alpha value is 0.707. The van der Waals surface area contributed by atoms with Crippen molar-refractivity contribution >= 4 is 43.6 Å². The van der Waals surface area contributed by atoms with E-state index < -0.39 is 8.80 Å². The smallest absolute Gasteiger partial charge is 0.369 e. The maximum Gasteiger partial charge on any atom is 0.529 e. The summed E-state index contributed by atoms with van der Waals surface area (Å²) in [6, 6.07) is 0. The molecule has 0 aromatic rings. The van der Waals surface area contributed by atoms with Crippen LogP contribution in [0, 0.1) is 0 Å². The molecule has 3 nitrogen and oxygen atoms in total. The maximum atomic E-state index is 5.53. The second-order valence-electron chi connectivity index (χ2n) is 2.42. The minimum atomic E-state index is -2.82. The molecule has 0 radical (unpaired) electrons. The second-order valence-corrected chi connectivity index (χ2v) is 6.04. The summed E-state index contributed by atoms with van der Waals surface area (Å²) in [5, 5.41) is 0. The Bertz CT molecular complexity index is 149. The molecule has 90 valence electrons. The molecule has 0 aromatic carbocycles. The van der Waals surface area contributed by atoms with E-state index in [0.717, 1.165) is 0 Å². The first-order valence-electron chi connectivity index (χ1n) is 4.48. The molecule has 0 unspecified atom stereocenters. The molecule has 0 heterocycles. The third-order valence-electron chi connectivity index (χ3n) is 1.39. The van der Waals surface area contributed by atoms with Gasteiger partial charge in [0.05, 0.1) is 19.8 Å². The van der Waals surface area contributed by atoms with Gasteiger partial charge < -0.3 is 13.3 Å². The number of hydrogen-bond donors (Lipinski definition) is 0. The Morgan fingerprint density at radius 3 is 1.40 bits per heavy atom. The van der Waals surface area contributed by atoms with Crippen LogP contribution in [0.1, 0.15) is 0 Å². The van der Waals surface area contributed by atoms with E-state index >= 15 is 0 Å². The minimum Gasteiger partial charge on any atom is -0.369 e. The first-order valence-corrected chi connectivity index (χ1v) is 7.88. The van der Waals surface area contributed by atoms with E-state index in [4.69, 9.17) is 48.1 Å². The Labute approximate surface area is 107 Å². The topological polar surface area (TPSA) is 27.7 Å². The molecule has 0 aliphatic carbocycles. The summed E-state index contributed by atoms with van der Waals surface area (Å²) in [6.45, 7) is 4.70. The molecule has 15 heavy (non-hydrogen) atoms. The Kier molecular flexibility index (Phi) is 10.4. The highest BCUT2D eigenvalue weighted by Gasteiger charge is 2.37. The van der Waals surface area contributed by atoms with Gasteiger partial charge in [-0.3, -0.25) is 0 Å². The average Bonchev–Trinajstić information content (AvgIpc) is 2.29. The first kappa shape index (κ1) is 15.7. The molecule has 0 spiro atoms. The number of hydrogen-bond acceptors (Lipinski definition) is 3. The predicted octanol–water partition coefficient (Wildman–Crippen LogP) is 2.42. The van der Waals surface area contributed by atoms with E-state index in [1.54, 1.807) is 5.70 Å². The summed E-state index contributed by atoms with van der Waals surface area (Å²) < 4.78 is 16.4. The Morgan fingerprint density at radius 1 is 0.867 bits per heavy atom. The fourth-order valence-corrected chi connectivity index (χ4v) is 3.23. The second kappa shape index (κ2) is 9.90. The van der Waals surface area contributed by atoms with Gasteiger partial charge in [0.25, 0.3) is 0 Å². The largest absolute Gasteiger partial charge is 0.529 e. The molecule has 0 amide bonds. The summed E-state index contributed by atoms with van der Waals surface area (Å²) in [6.07, 6.45) is 0. The first-order chi connectivity index (χ1) is 7.24. The van der Waals surface area contributed by atoms with Crippen molar-refractivity contribution in [2.24, 2.45) is 0 Å².